The van der Waals surface area contributed by atoms with Crippen molar-refractivity contribution in [2.75, 3.05) is 38.2 Å². The fourth-order valence-corrected chi connectivity index (χ4v) is 3.93. The minimum atomic E-state index is -0.466. The molecule has 0 radical (unpaired) electrons. The van der Waals surface area contributed by atoms with E-state index in [1.807, 2.05) is 0 Å². The maximum Gasteiger partial charge on any atom is 0.270 e. The van der Waals surface area contributed by atoms with Gasteiger partial charge in [0, 0.05) is 55.6 Å². The van der Waals surface area contributed by atoms with Crippen LogP contribution < -0.4 is 9.64 Å². The summed E-state index contributed by atoms with van der Waals surface area (Å²) >= 11 is 6.25. The second-order valence-electron chi connectivity index (χ2n) is 7.56. The first-order chi connectivity index (χ1) is 16.5. The summed E-state index contributed by atoms with van der Waals surface area (Å²) in [6.07, 6.45) is 1.70. The van der Waals surface area contributed by atoms with Gasteiger partial charge in [-0.05, 0) is 36.4 Å². The van der Waals surface area contributed by atoms with Gasteiger partial charge in [-0.3, -0.25) is 14.9 Å². The van der Waals surface area contributed by atoms with Crippen molar-refractivity contribution < 1.29 is 14.5 Å². The van der Waals surface area contributed by atoms with Crippen LogP contribution in [0.4, 0.5) is 11.5 Å². The number of carbonyl (C=O) groups is 1. The first-order valence-electron chi connectivity index (χ1n) is 10.6. The Hall–Kier alpha value is -4.09. The number of pyridine rings is 1. The van der Waals surface area contributed by atoms with Crippen molar-refractivity contribution in [3.05, 3.63) is 92.6 Å². The molecule has 0 aliphatic carbocycles. The molecule has 1 fully saturated rings. The molecule has 3 aromatic rings. The first-order valence-corrected chi connectivity index (χ1v) is 10.9. The molecule has 0 bridgehead atoms. The number of carbonyl (C=O) groups excluding carboxylic acids is 1. The van der Waals surface area contributed by atoms with Gasteiger partial charge < -0.3 is 14.5 Å². The summed E-state index contributed by atoms with van der Waals surface area (Å²) in [6, 6.07) is 14.8. The van der Waals surface area contributed by atoms with E-state index < -0.39 is 4.92 Å². The third-order valence-electron chi connectivity index (χ3n) is 5.45. The molecule has 1 amide bonds. The van der Waals surface area contributed by atoms with Crippen LogP contribution in [0.15, 0.2) is 60.8 Å². The van der Waals surface area contributed by atoms with Gasteiger partial charge in [-0.25, -0.2) is 4.98 Å². The largest absolute Gasteiger partial charge is 0.495 e. The number of ether oxygens (including phenoxy) is 1. The summed E-state index contributed by atoms with van der Waals surface area (Å²) in [6.45, 7) is 2.31. The number of hydrogen-bond acceptors (Lipinski definition) is 6. The number of anilines is 1. The zero-order valence-electron chi connectivity index (χ0n) is 18.4. The maximum atomic E-state index is 13.2. The molecule has 34 heavy (non-hydrogen) atoms. The number of rotatable bonds is 4. The minimum absolute atomic E-state index is 0.0335. The summed E-state index contributed by atoms with van der Waals surface area (Å²) in [5, 5.41) is 11.6. The SMILES string of the molecule is COc1ccc(C(=O)N2CCN(c3ncccc3Cl)CC2)cc1C#Cc1cccc([N+](=O)[O-])c1. The average Bonchev–Trinajstić information content (AvgIpc) is 2.87. The normalized spacial score (nSPS) is 13.1. The molecule has 0 spiro atoms. The number of piperazine rings is 1. The molecule has 0 unspecified atom stereocenters. The molecule has 9 heteroatoms. The van der Waals surface area contributed by atoms with Gasteiger partial charge in [-0.2, -0.15) is 0 Å². The highest BCUT2D eigenvalue weighted by Crippen LogP contribution is 2.25. The van der Waals surface area contributed by atoms with Gasteiger partial charge in [0.05, 0.1) is 22.6 Å². The van der Waals surface area contributed by atoms with Crippen molar-refractivity contribution in [1.82, 2.24) is 9.88 Å². The topological polar surface area (TPSA) is 88.8 Å². The second kappa shape index (κ2) is 10.2. The van der Waals surface area contributed by atoms with Gasteiger partial charge in [0.25, 0.3) is 11.6 Å². The molecule has 1 saturated heterocycles. The van der Waals surface area contributed by atoms with E-state index in [1.54, 1.807) is 53.6 Å². The van der Waals surface area contributed by atoms with Crippen molar-refractivity contribution in [2.24, 2.45) is 0 Å². The quantitative estimate of drug-likeness (QED) is 0.321. The molecule has 1 aliphatic rings. The number of nitro groups is 1. The van der Waals surface area contributed by atoms with E-state index >= 15 is 0 Å². The van der Waals surface area contributed by atoms with Crippen LogP contribution in [0.3, 0.4) is 0 Å². The second-order valence-corrected chi connectivity index (χ2v) is 7.97. The number of nitro benzene ring substituents is 1. The minimum Gasteiger partial charge on any atom is -0.495 e. The molecule has 1 aliphatic heterocycles. The highest BCUT2D eigenvalue weighted by molar-refractivity contribution is 6.32. The molecule has 0 saturated carbocycles. The average molecular weight is 477 g/mol. The smallest absolute Gasteiger partial charge is 0.270 e. The van der Waals surface area contributed by atoms with Gasteiger partial charge in [-0.1, -0.05) is 29.5 Å². The molecular weight excluding hydrogens is 456 g/mol. The molecule has 1 aromatic heterocycles. The molecule has 2 heterocycles. The highest BCUT2D eigenvalue weighted by Gasteiger charge is 2.24. The van der Waals surface area contributed by atoms with Crippen LogP contribution in [0.1, 0.15) is 21.5 Å². The predicted molar refractivity (Wildman–Crippen MR) is 129 cm³/mol. The summed E-state index contributed by atoms with van der Waals surface area (Å²) in [5.41, 5.74) is 1.48. The number of hydrogen-bond donors (Lipinski definition) is 0. The van der Waals surface area contributed by atoms with E-state index in [1.165, 1.54) is 19.2 Å². The summed E-state index contributed by atoms with van der Waals surface area (Å²) in [7, 11) is 1.53. The van der Waals surface area contributed by atoms with E-state index in [0.717, 1.165) is 5.82 Å². The van der Waals surface area contributed by atoms with Crippen LogP contribution in [-0.4, -0.2) is 54.0 Å². The lowest BCUT2D eigenvalue weighted by atomic mass is 10.1. The summed E-state index contributed by atoms with van der Waals surface area (Å²) in [4.78, 5) is 31.9. The summed E-state index contributed by atoms with van der Waals surface area (Å²) < 4.78 is 5.39. The number of amides is 1. The fourth-order valence-electron chi connectivity index (χ4n) is 3.69. The van der Waals surface area contributed by atoms with E-state index in [0.29, 0.717) is 53.6 Å². The Kier molecular flexibility index (Phi) is 6.95. The van der Waals surface area contributed by atoms with Crippen molar-refractivity contribution in [3.8, 4) is 17.6 Å². The van der Waals surface area contributed by atoms with Crippen molar-refractivity contribution in [2.45, 2.75) is 0 Å². The lowest BCUT2D eigenvalue weighted by Crippen LogP contribution is -2.49. The highest BCUT2D eigenvalue weighted by atomic mass is 35.5. The number of halogens is 1. The molecular formula is C25H21ClN4O4. The van der Waals surface area contributed by atoms with Gasteiger partial charge in [0.15, 0.2) is 0 Å². The van der Waals surface area contributed by atoms with E-state index in [4.69, 9.17) is 16.3 Å². The standard InChI is InChI=1S/C25H21ClN4O4/c1-34-23-10-9-20(17-19(23)8-7-18-4-2-5-21(16-18)30(32)33)25(31)29-14-12-28(13-15-29)24-22(26)6-3-11-27-24/h2-6,9-11,16-17H,12-15H2,1H3. The van der Waals surface area contributed by atoms with Gasteiger partial charge in [0.1, 0.15) is 11.6 Å². The summed E-state index contributed by atoms with van der Waals surface area (Å²) in [5.74, 6) is 7.04. The van der Waals surface area contributed by atoms with Gasteiger partial charge in [0.2, 0.25) is 0 Å². The third kappa shape index (κ3) is 5.11. The number of methoxy groups -OCH3 is 1. The predicted octanol–water partition coefficient (Wildman–Crippen LogP) is 4.01. The maximum absolute atomic E-state index is 13.2. The van der Waals surface area contributed by atoms with Crippen LogP contribution in [0.2, 0.25) is 5.02 Å². The zero-order valence-corrected chi connectivity index (χ0v) is 19.2. The Balaban J connectivity index is 1.51. The fraction of sp³-hybridized carbons (Fsp3) is 0.200. The van der Waals surface area contributed by atoms with Crippen molar-refractivity contribution in [1.29, 1.82) is 0 Å². The Morgan fingerprint density at radius 2 is 1.88 bits per heavy atom. The number of aromatic nitrogens is 1. The van der Waals surface area contributed by atoms with Crippen molar-refractivity contribution >= 4 is 29.0 Å². The monoisotopic (exact) mass is 476 g/mol. The Morgan fingerprint density at radius 3 is 2.59 bits per heavy atom. The van der Waals surface area contributed by atoms with E-state index in [2.05, 4.69) is 21.7 Å². The number of benzene rings is 2. The molecule has 4 rings (SSSR count). The van der Waals surface area contributed by atoms with Crippen LogP contribution in [0.25, 0.3) is 0 Å². The Morgan fingerprint density at radius 1 is 1.09 bits per heavy atom. The molecule has 0 atom stereocenters. The van der Waals surface area contributed by atoms with Crippen LogP contribution >= 0.6 is 11.6 Å². The van der Waals surface area contributed by atoms with E-state index in [-0.39, 0.29) is 11.6 Å². The van der Waals surface area contributed by atoms with Gasteiger partial charge in [-0.15, -0.1) is 0 Å². The molecule has 8 nitrogen and oxygen atoms in total. The molecule has 0 N–H and O–H groups in total. The molecule has 172 valence electrons. The number of nitrogens with zero attached hydrogens (tertiary/aromatic N) is 4. The lowest BCUT2D eigenvalue weighted by Gasteiger charge is -2.35. The van der Waals surface area contributed by atoms with Crippen LogP contribution in [-0.2, 0) is 0 Å². The van der Waals surface area contributed by atoms with Crippen LogP contribution in [0, 0.1) is 22.0 Å². The first kappa shape index (κ1) is 23.1. The Labute approximate surface area is 201 Å². The van der Waals surface area contributed by atoms with Crippen LogP contribution in [0.5, 0.6) is 5.75 Å². The zero-order chi connectivity index (χ0) is 24.1. The molecule has 2 aromatic carbocycles. The number of non-ortho nitro benzene ring substituents is 1. The van der Waals surface area contributed by atoms with E-state index in [9.17, 15) is 14.9 Å². The third-order valence-corrected chi connectivity index (χ3v) is 5.75. The van der Waals surface area contributed by atoms with Gasteiger partial charge >= 0.3 is 0 Å². The lowest BCUT2D eigenvalue weighted by molar-refractivity contribution is -0.384. The van der Waals surface area contributed by atoms with Crippen molar-refractivity contribution in [3.63, 3.8) is 0 Å². The Bertz CT molecular complexity index is 1290.